The molecule has 2 saturated heterocycles. The zero-order valence-corrected chi connectivity index (χ0v) is 44.6. The molecular weight excluding hydrogens is 1020 g/mol. The molecule has 2 fully saturated rings. The number of ether oxygens (including phenoxy) is 1. The lowest BCUT2D eigenvalue weighted by molar-refractivity contribution is -0.144. The Kier molecular flexibility index (Phi) is 16.7. The van der Waals surface area contributed by atoms with Crippen molar-refractivity contribution < 1.29 is 45.8 Å². The predicted octanol–water partition coefficient (Wildman–Crippen LogP) is 7.16. The fourth-order valence-electron chi connectivity index (χ4n) is 9.42. The van der Waals surface area contributed by atoms with Gasteiger partial charge in [-0.15, -0.1) is 11.3 Å². The number of β-amino-alcohol motifs (C(OH)–C–C–N with tert-alkyl or cyclic N) is 1. The second-order valence-corrected chi connectivity index (χ2v) is 22.8. The van der Waals surface area contributed by atoms with Gasteiger partial charge in [0.2, 0.25) is 17.7 Å². The van der Waals surface area contributed by atoms with Gasteiger partial charge in [-0.05, 0) is 86.1 Å². The fraction of sp³-hybridized carbons (Fsp3) is 0.407. The third-order valence-electron chi connectivity index (χ3n) is 13.6. The number of likely N-dealkylation sites (tertiary alicyclic amines) is 2. The van der Waals surface area contributed by atoms with Gasteiger partial charge in [0, 0.05) is 57.2 Å². The average molecular weight is 1080 g/mol. The number of amides is 3. The van der Waals surface area contributed by atoms with E-state index in [0.717, 1.165) is 34.5 Å². The lowest BCUT2D eigenvalue weighted by atomic mass is 9.85. The number of aryl methyl sites for hydroxylation is 2. The number of halogens is 3. The second-order valence-electron chi connectivity index (χ2n) is 20.3. The molecule has 17 nitrogen and oxygen atoms in total. The van der Waals surface area contributed by atoms with E-state index < -0.39 is 57.2 Å². The molecule has 22 heteroatoms. The number of thiazole rings is 1. The van der Waals surface area contributed by atoms with E-state index >= 15 is 0 Å². The summed E-state index contributed by atoms with van der Waals surface area (Å²) in [7, 11) is -3.37. The lowest BCUT2D eigenvalue weighted by Gasteiger charge is -2.35. The number of hydrogen-bond donors (Lipinski definition) is 5. The standard InChI is InChI=1S/C54H61F3N10O7S2/c1-31-48(75-30-61-31)36-10-8-34(9-11-36)27-60-51(70)42-26-40(68)29-67(42)52(71)49(54(3,4)5)62-44(69)21-24-66-22-19-33(20-23-66)7-12-38-28-59-50(58)45-46(63-65(6)47(38)45)37-15-18-41(64-76(72,73)53(56)57)43(25-37)74-32(2)35-13-16-39(55)17-14-35/h8-11,13-18,25,28,30,32-33,40,42,49,53,64,68H,19-24,26-27,29H2,1-6H3,(H2,58,59)(H,60,70)(H,62,69)/t32-,40+,42-,49+/m0/s1. The van der Waals surface area contributed by atoms with Gasteiger partial charge in [-0.2, -0.15) is 13.9 Å². The third kappa shape index (κ3) is 12.8. The summed E-state index contributed by atoms with van der Waals surface area (Å²) in [5.74, 6) is 1.42. The maximum Gasteiger partial charge on any atom is 0.355 e. The molecule has 6 aromatic rings. The Hall–Kier alpha value is -7.06. The summed E-state index contributed by atoms with van der Waals surface area (Å²) in [6, 6.07) is 15.7. The summed E-state index contributed by atoms with van der Waals surface area (Å²) in [4.78, 5) is 54.7. The Morgan fingerprint density at radius 1 is 1.01 bits per heavy atom. The Balaban J connectivity index is 0.879. The van der Waals surface area contributed by atoms with Crippen LogP contribution in [0.5, 0.6) is 5.75 Å². The van der Waals surface area contributed by atoms with E-state index in [9.17, 15) is 41.1 Å². The molecule has 3 aromatic heterocycles. The topological polar surface area (TPSA) is 227 Å². The van der Waals surface area contributed by atoms with Crippen LogP contribution in [0.15, 0.2) is 78.4 Å². The minimum absolute atomic E-state index is 0.0145. The van der Waals surface area contributed by atoms with Crippen LogP contribution in [0, 0.1) is 35.9 Å². The van der Waals surface area contributed by atoms with Crippen molar-refractivity contribution in [3.8, 4) is 39.3 Å². The van der Waals surface area contributed by atoms with Gasteiger partial charge in [0.05, 0.1) is 44.3 Å². The fourth-order valence-corrected chi connectivity index (χ4v) is 10.8. The number of sulfonamides is 1. The number of alkyl halides is 2. The van der Waals surface area contributed by atoms with Crippen LogP contribution >= 0.6 is 11.3 Å². The van der Waals surface area contributed by atoms with Gasteiger partial charge in [0.1, 0.15) is 41.3 Å². The van der Waals surface area contributed by atoms with Crippen molar-refractivity contribution in [3.63, 3.8) is 0 Å². The molecule has 402 valence electrons. The number of aliphatic hydroxyl groups is 1. The van der Waals surface area contributed by atoms with E-state index in [1.165, 1.54) is 47.4 Å². The average Bonchev–Trinajstić information content (AvgIpc) is 4.11. The van der Waals surface area contributed by atoms with Crippen LogP contribution in [0.1, 0.15) is 81.9 Å². The van der Waals surface area contributed by atoms with E-state index in [1.807, 2.05) is 56.7 Å². The molecule has 2 aliphatic heterocycles. The first-order chi connectivity index (χ1) is 36.1. The molecular formula is C54H61F3N10O7S2. The Labute approximate surface area is 443 Å². The number of piperidine rings is 1. The Morgan fingerprint density at radius 3 is 2.37 bits per heavy atom. The van der Waals surface area contributed by atoms with Crippen LogP contribution in [0.2, 0.25) is 0 Å². The van der Waals surface area contributed by atoms with Crippen LogP contribution in [0.25, 0.3) is 32.6 Å². The highest BCUT2D eigenvalue weighted by atomic mass is 32.2. The SMILES string of the molecule is Cc1ncsc1-c1ccc(CNC(=O)[C@@H]2C[C@@H](O)CN2C(=O)[C@@H](NC(=O)CCN2CCC(C#Cc3cnc(N)c4c(-c5ccc(NS(=O)(=O)C(F)F)c(O[C@@H](C)c6ccc(F)cc6)c5)nn(C)c34)CC2)C(C)(C)C)cc1. The van der Waals surface area contributed by atoms with Crippen LogP contribution < -0.4 is 25.8 Å². The van der Waals surface area contributed by atoms with Crippen LogP contribution in [0.4, 0.5) is 24.7 Å². The number of aliphatic hydroxyl groups excluding tert-OH is 1. The summed E-state index contributed by atoms with van der Waals surface area (Å²) in [6.45, 7) is 11.2. The quantitative estimate of drug-likeness (QED) is 0.0609. The number of rotatable bonds is 16. The molecule has 3 amide bonds. The van der Waals surface area contributed by atoms with Gasteiger partial charge in [0.25, 0.3) is 10.0 Å². The number of pyridine rings is 1. The van der Waals surface area contributed by atoms with Crippen molar-refractivity contribution in [1.29, 1.82) is 0 Å². The maximum absolute atomic E-state index is 14.2. The number of nitrogen functional groups attached to an aromatic ring is 1. The van der Waals surface area contributed by atoms with E-state index in [-0.39, 0.29) is 60.9 Å². The molecule has 2 aliphatic rings. The number of aromatic nitrogens is 4. The smallest absolute Gasteiger partial charge is 0.355 e. The summed E-state index contributed by atoms with van der Waals surface area (Å²) in [6.07, 6.45) is 1.57. The van der Waals surface area contributed by atoms with Gasteiger partial charge < -0.3 is 36.0 Å². The number of nitrogens with two attached hydrogens (primary N) is 1. The molecule has 0 aliphatic carbocycles. The first kappa shape index (κ1) is 55.2. The number of fused-ring (bicyclic) bond motifs is 1. The number of carbonyl (C=O) groups is 3. The largest absolute Gasteiger partial charge is 0.484 e. The van der Waals surface area contributed by atoms with Gasteiger partial charge >= 0.3 is 5.76 Å². The van der Waals surface area contributed by atoms with Gasteiger partial charge in [-0.25, -0.2) is 22.8 Å². The normalized spacial score (nSPS) is 17.3. The van der Waals surface area contributed by atoms with Gasteiger partial charge in [-0.3, -0.25) is 23.8 Å². The van der Waals surface area contributed by atoms with E-state index in [0.29, 0.717) is 52.9 Å². The first-order valence-corrected chi connectivity index (χ1v) is 27.2. The Morgan fingerprint density at radius 2 is 1.71 bits per heavy atom. The monoisotopic (exact) mass is 1080 g/mol. The number of nitrogens with one attached hydrogen (secondary N) is 3. The Bertz CT molecular complexity index is 3270. The van der Waals surface area contributed by atoms with Gasteiger partial charge in [-0.1, -0.05) is 75.1 Å². The number of carbonyl (C=O) groups excluding carboxylic acids is 3. The first-order valence-electron chi connectivity index (χ1n) is 24.8. The van der Waals surface area contributed by atoms with Gasteiger partial charge in [0.15, 0.2) is 0 Å². The molecule has 0 radical (unpaired) electrons. The molecule has 0 saturated carbocycles. The third-order valence-corrected chi connectivity index (χ3v) is 15.6. The van der Waals surface area contributed by atoms with Crippen LogP contribution in [0.3, 0.4) is 0 Å². The molecule has 3 aromatic carbocycles. The summed E-state index contributed by atoms with van der Waals surface area (Å²) >= 11 is 1.56. The minimum Gasteiger partial charge on any atom is -0.484 e. The van der Waals surface area contributed by atoms with Crippen LogP contribution in [-0.4, -0.2) is 111 Å². The van der Waals surface area contributed by atoms with Crippen molar-refractivity contribution in [1.82, 2.24) is 40.2 Å². The highest BCUT2D eigenvalue weighted by Gasteiger charge is 2.44. The van der Waals surface area contributed by atoms with Crippen molar-refractivity contribution in [2.45, 2.75) is 96.9 Å². The minimum atomic E-state index is -5.08. The summed E-state index contributed by atoms with van der Waals surface area (Å²) in [5.41, 5.74) is 12.6. The van der Waals surface area contributed by atoms with E-state index in [2.05, 4.69) is 37.3 Å². The highest BCUT2D eigenvalue weighted by molar-refractivity contribution is 7.93. The molecule has 0 unspecified atom stereocenters. The van der Waals surface area contributed by atoms with Crippen molar-refractivity contribution in [2.24, 2.45) is 18.4 Å². The lowest BCUT2D eigenvalue weighted by Crippen LogP contribution is -2.58. The molecule has 8 rings (SSSR count). The zero-order chi connectivity index (χ0) is 54.6. The number of benzene rings is 3. The molecule has 5 heterocycles. The summed E-state index contributed by atoms with van der Waals surface area (Å²) < 4.78 is 74.8. The van der Waals surface area contributed by atoms with E-state index in [4.69, 9.17) is 15.6 Å². The molecule has 76 heavy (non-hydrogen) atoms. The highest BCUT2D eigenvalue weighted by Crippen LogP contribution is 2.39. The molecule has 0 bridgehead atoms. The predicted molar refractivity (Wildman–Crippen MR) is 285 cm³/mol. The maximum atomic E-state index is 14.2. The second kappa shape index (κ2) is 23.0. The van der Waals surface area contributed by atoms with Crippen molar-refractivity contribution in [3.05, 3.63) is 107 Å². The number of hydrogen-bond acceptors (Lipinski definition) is 13. The number of anilines is 2. The van der Waals surface area contributed by atoms with E-state index in [1.54, 1.807) is 41.7 Å². The number of nitrogens with zero attached hydrogens (tertiary/aromatic N) is 6. The van der Waals surface area contributed by atoms with Crippen molar-refractivity contribution in [2.75, 3.05) is 36.6 Å². The summed E-state index contributed by atoms with van der Waals surface area (Å²) in [5, 5.41) is 21.7. The zero-order valence-electron chi connectivity index (χ0n) is 42.9. The molecule has 4 atom stereocenters. The van der Waals surface area contributed by atoms with Crippen molar-refractivity contribution >= 4 is 61.5 Å². The molecule has 6 N–H and O–H groups in total. The molecule has 0 spiro atoms. The van der Waals surface area contributed by atoms with Crippen LogP contribution in [-0.2, 0) is 38.0 Å².